The molecule has 0 atom stereocenters. The Balaban J connectivity index is 2.01. The summed E-state index contributed by atoms with van der Waals surface area (Å²) in [5, 5.41) is 1.38. The van der Waals surface area contributed by atoms with Gasteiger partial charge in [-0.3, -0.25) is 0 Å². The number of nitrogens with two attached hydrogens (primary N) is 1. The molecule has 0 spiro atoms. The van der Waals surface area contributed by atoms with E-state index in [9.17, 15) is 0 Å². The van der Waals surface area contributed by atoms with E-state index in [0.717, 1.165) is 12.8 Å². The fraction of sp³-hybridized carbons (Fsp3) is 0.500. The van der Waals surface area contributed by atoms with Gasteiger partial charge in [0.1, 0.15) is 0 Å². The summed E-state index contributed by atoms with van der Waals surface area (Å²) in [6, 6.07) is 8.55. The smallest absolute Gasteiger partial charge is 0.0458 e. The zero-order valence-electron chi connectivity index (χ0n) is 11.7. The van der Waals surface area contributed by atoms with E-state index in [4.69, 9.17) is 5.73 Å². The fourth-order valence-electron chi connectivity index (χ4n) is 2.54. The second-order valence-electron chi connectivity index (χ2n) is 5.97. The predicted molar refractivity (Wildman–Crippen MR) is 78.9 cm³/mol. The highest BCUT2D eigenvalue weighted by Gasteiger charge is 2.11. The van der Waals surface area contributed by atoms with E-state index in [1.807, 2.05) is 0 Å². The summed E-state index contributed by atoms with van der Waals surface area (Å²) in [5.41, 5.74) is 10.0. The van der Waals surface area contributed by atoms with Crippen molar-refractivity contribution in [3.8, 4) is 0 Å². The van der Waals surface area contributed by atoms with Crippen LogP contribution in [0.1, 0.15) is 44.4 Å². The van der Waals surface area contributed by atoms with Crippen LogP contribution in [0.3, 0.4) is 0 Å². The van der Waals surface area contributed by atoms with Gasteiger partial charge in [0, 0.05) is 22.1 Å². The third-order valence-electron chi connectivity index (χ3n) is 3.52. The minimum atomic E-state index is -0.0325. The van der Waals surface area contributed by atoms with Crippen LogP contribution in [0.4, 0.5) is 0 Å². The zero-order chi connectivity index (χ0) is 13.2. The molecule has 98 valence electrons. The van der Waals surface area contributed by atoms with Crippen molar-refractivity contribution in [3.63, 3.8) is 0 Å². The van der Waals surface area contributed by atoms with Crippen LogP contribution in [0.5, 0.6) is 0 Å². The molecule has 0 unspecified atom stereocenters. The Kier molecular flexibility index (Phi) is 3.76. The molecule has 2 aromatic rings. The topological polar surface area (TPSA) is 41.8 Å². The number of nitrogens with one attached hydrogen (secondary N) is 1. The molecule has 1 aromatic heterocycles. The monoisotopic (exact) mass is 244 g/mol. The van der Waals surface area contributed by atoms with Crippen molar-refractivity contribution in [3.05, 3.63) is 35.5 Å². The molecule has 0 aliphatic carbocycles. The third kappa shape index (κ3) is 3.14. The Morgan fingerprint density at radius 1 is 1.17 bits per heavy atom. The van der Waals surface area contributed by atoms with Gasteiger partial charge in [0.05, 0.1) is 0 Å². The molecular weight excluding hydrogens is 220 g/mol. The summed E-state index contributed by atoms with van der Waals surface area (Å²) < 4.78 is 0. The molecule has 0 amide bonds. The van der Waals surface area contributed by atoms with E-state index < -0.39 is 0 Å². The molecule has 0 bridgehead atoms. The second-order valence-corrected chi connectivity index (χ2v) is 5.97. The van der Waals surface area contributed by atoms with Crippen LogP contribution >= 0.6 is 0 Å². The number of aryl methyl sites for hydroxylation is 2. The van der Waals surface area contributed by atoms with E-state index in [-0.39, 0.29) is 5.54 Å². The number of H-pyrrole nitrogens is 1. The minimum absolute atomic E-state index is 0.0325. The molecule has 0 aliphatic heterocycles. The minimum Gasteiger partial charge on any atom is -0.358 e. The number of hydrogen-bond acceptors (Lipinski definition) is 1. The molecule has 2 heteroatoms. The van der Waals surface area contributed by atoms with Crippen molar-refractivity contribution in [2.24, 2.45) is 5.73 Å². The number of unbranched alkanes of at least 4 members (excludes halogenated alkanes) is 1. The van der Waals surface area contributed by atoms with Gasteiger partial charge in [-0.25, -0.2) is 0 Å². The van der Waals surface area contributed by atoms with Crippen molar-refractivity contribution in [1.29, 1.82) is 0 Å². The molecule has 18 heavy (non-hydrogen) atoms. The fourth-order valence-corrected chi connectivity index (χ4v) is 2.54. The van der Waals surface area contributed by atoms with E-state index >= 15 is 0 Å². The van der Waals surface area contributed by atoms with Crippen molar-refractivity contribution < 1.29 is 0 Å². The summed E-state index contributed by atoms with van der Waals surface area (Å²) in [6.45, 7) is 6.37. The molecule has 0 saturated heterocycles. The Morgan fingerprint density at radius 2 is 1.89 bits per heavy atom. The van der Waals surface area contributed by atoms with Gasteiger partial charge in [0.2, 0.25) is 0 Å². The molecule has 1 heterocycles. The Morgan fingerprint density at radius 3 is 2.61 bits per heavy atom. The van der Waals surface area contributed by atoms with Crippen LogP contribution in [0.25, 0.3) is 10.9 Å². The first-order chi connectivity index (χ1) is 8.47. The van der Waals surface area contributed by atoms with Crippen LogP contribution < -0.4 is 5.73 Å². The number of hydrogen-bond donors (Lipinski definition) is 2. The third-order valence-corrected chi connectivity index (χ3v) is 3.52. The van der Waals surface area contributed by atoms with Gasteiger partial charge >= 0.3 is 0 Å². The number of benzene rings is 1. The number of aromatic nitrogens is 1. The predicted octanol–water partition coefficient (Wildman–Crippen LogP) is 3.93. The molecule has 2 nitrogen and oxygen atoms in total. The molecule has 2 rings (SSSR count). The molecule has 0 fully saturated rings. The molecular formula is C16H24N2. The Labute approximate surface area is 110 Å². The van der Waals surface area contributed by atoms with Crippen LogP contribution in [-0.4, -0.2) is 10.5 Å². The van der Waals surface area contributed by atoms with E-state index in [1.54, 1.807) is 0 Å². The highest BCUT2D eigenvalue weighted by Crippen LogP contribution is 2.24. The lowest BCUT2D eigenvalue weighted by molar-refractivity contribution is 0.450. The van der Waals surface area contributed by atoms with Crippen molar-refractivity contribution in [2.75, 3.05) is 0 Å². The Bertz CT molecular complexity index is 517. The molecule has 0 aliphatic rings. The van der Waals surface area contributed by atoms with Crippen LogP contribution in [-0.2, 0) is 6.42 Å². The van der Waals surface area contributed by atoms with Gasteiger partial charge in [0.25, 0.3) is 0 Å². The maximum absolute atomic E-state index is 6.01. The highest BCUT2D eigenvalue weighted by molar-refractivity contribution is 5.84. The van der Waals surface area contributed by atoms with Crippen LogP contribution in [0, 0.1) is 6.92 Å². The first-order valence-electron chi connectivity index (χ1n) is 6.82. The van der Waals surface area contributed by atoms with E-state index in [0.29, 0.717) is 0 Å². The standard InChI is InChI=1S/C16H24N2/c1-12-13(8-6-7-11-16(2,3)17)14-9-4-5-10-15(14)18-12/h4-5,9-10,18H,6-8,11,17H2,1-3H3. The quantitative estimate of drug-likeness (QED) is 0.769. The lowest BCUT2D eigenvalue weighted by Gasteiger charge is -2.17. The number of aromatic amines is 1. The van der Waals surface area contributed by atoms with E-state index in [1.165, 1.54) is 35.0 Å². The summed E-state index contributed by atoms with van der Waals surface area (Å²) in [5.74, 6) is 0. The van der Waals surface area contributed by atoms with Crippen LogP contribution in [0.15, 0.2) is 24.3 Å². The van der Waals surface area contributed by atoms with Gasteiger partial charge in [-0.05, 0) is 51.7 Å². The number of fused-ring (bicyclic) bond motifs is 1. The first kappa shape index (κ1) is 13.2. The van der Waals surface area contributed by atoms with Crippen molar-refractivity contribution >= 4 is 10.9 Å². The second kappa shape index (κ2) is 5.15. The van der Waals surface area contributed by atoms with Crippen LogP contribution in [0.2, 0.25) is 0 Å². The normalized spacial score (nSPS) is 12.2. The van der Waals surface area contributed by atoms with Crippen molar-refractivity contribution in [1.82, 2.24) is 4.98 Å². The average Bonchev–Trinajstić information content (AvgIpc) is 2.59. The highest BCUT2D eigenvalue weighted by atomic mass is 14.7. The average molecular weight is 244 g/mol. The van der Waals surface area contributed by atoms with Gasteiger partial charge in [-0.2, -0.15) is 0 Å². The molecule has 1 aromatic carbocycles. The van der Waals surface area contributed by atoms with Gasteiger partial charge in [-0.15, -0.1) is 0 Å². The largest absolute Gasteiger partial charge is 0.358 e. The summed E-state index contributed by atoms with van der Waals surface area (Å²) >= 11 is 0. The SMILES string of the molecule is Cc1[nH]c2ccccc2c1CCCCC(C)(C)N. The zero-order valence-corrected chi connectivity index (χ0v) is 11.7. The van der Waals surface area contributed by atoms with Gasteiger partial charge < -0.3 is 10.7 Å². The summed E-state index contributed by atoms with van der Waals surface area (Å²) in [7, 11) is 0. The van der Waals surface area contributed by atoms with Crippen molar-refractivity contribution in [2.45, 2.75) is 52.0 Å². The Hall–Kier alpha value is -1.28. The lowest BCUT2D eigenvalue weighted by Crippen LogP contribution is -2.31. The molecule has 0 radical (unpaired) electrons. The van der Waals surface area contributed by atoms with E-state index in [2.05, 4.69) is 50.0 Å². The maximum Gasteiger partial charge on any atom is 0.0458 e. The number of rotatable bonds is 5. The lowest BCUT2D eigenvalue weighted by atomic mass is 9.96. The number of para-hydroxylation sites is 1. The molecule has 3 N–H and O–H groups in total. The first-order valence-corrected chi connectivity index (χ1v) is 6.82. The summed E-state index contributed by atoms with van der Waals surface area (Å²) in [4.78, 5) is 3.46. The maximum atomic E-state index is 6.01. The summed E-state index contributed by atoms with van der Waals surface area (Å²) in [6.07, 6.45) is 4.64. The van der Waals surface area contributed by atoms with Gasteiger partial charge in [0.15, 0.2) is 0 Å². The molecule has 0 saturated carbocycles. The van der Waals surface area contributed by atoms with Gasteiger partial charge in [-0.1, -0.05) is 24.6 Å².